The lowest BCUT2D eigenvalue weighted by Crippen LogP contribution is -2.30. The van der Waals surface area contributed by atoms with Gasteiger partial charge in [-0.15, -0.1) is 0 Å². The predicted molar refractivity (Wildman–Crippen MR) is 390 cm³/mol. The van der Waals surface area contributed by atoms with Crippen LogP contribution in [0, 0.1) is 0 Å². The van der Waals surface area contributed by atoms with E-state index in [1.807, 2.05) is 12.2 Å². The molecule has 0 heterocycles. The molecule has 0 aromatic heterocycles. The first-order chi connectivity index (χ1) is 46.7. The Hall–Kier alpha value is -4.54. The Morgan fingerprint density at radius 3 is 0.917 bits per heavy atom. The fourth-order valence-electron chi connectivity index (χ4n) is 9.36. The highest BCUT2D eigenvalue weighted by molar-refractivity contribution is 7.47. The third-order valence-corrected chi connectivity index (χ3v) is 16.8. The van der Waals surface area contributed by atoms with E-state index in [9.17, 15) is 43.2 Å². The van der Waals surface area contributed by atoms with Crippen LogP contribution in [0.15, 0.2) is 122 Å². The van der Waals surface area contributed by atoms with Gasteiger partial charge in [0.15, 0.2) is 12.2 Å². The van der Waals surface area contributed by atoms with Gasteiger partial charge in [0.25, 0.3) is 0 Å². The number of esters is 4. The third kappa shape index (κ3) is 68.0. The second-order valence-corrected chi connectivity index (χ2v) is 27.0. The van der Waals surface area contributed by atoms with E-state index in [0.29, 0.717) is 38.5 Å². The monoisotopic (exact) mass is 1390 g/mol. The SMILES string of the molecule is CC/C=C\C/C=C\C/C=C\C/C=C\C/C=C\CCCC(=O)OCC(COP(=O)(O)OCC(O)COP(=O)(O)OCC(COC(=O)CCCCCCC/C=C\CCCCCC)OC(=O)CCCCCCCCCCCCC)OC(=O)CCCC/C=C\C/C=C\C/C=C\C/C=C\CC. The van der Waals surface area contributed by atoms with Crippen molar-refractivity contribution in [2.24, 2.45) is 0 Å². The summed E-state index contributed by atoms with van der Waals surface area (Å²) >= 11 is 0. The predicted octanol–water partition coefficient (Wildman–Crippen LogP) is 20.8. The van der Waals surface area contributed by atoms with Crippen molar-refractivity contribution < 1.29 is 80.2 Å². The van der Waals surface area contributed by atoms with Crippen molar-refractivity contribution in [1.29, 1.82) is 0 Å². The van der Waals surface area contributed by atoms with E-state index in [1.54, 1.807) is 0 Å². The number of ether oxygens (including phenoxy) is 4. The topological polar surface area (TPSA) is 237 Å². The summed E-state index contributed by atoms with van der Waals surface area (Å²) in [6.45, 7) is 4.49. The standard InChI is InChI=1S/C77H130O17P2/c1-5-9-13-17-21-25-29-32-34-35-37-39-43-46-50-54-58-62-75(80)88-68-73(94-77(82)64-60-56-52-48-44-40-36-33-30-26-22-18-14-10-6-2)70-92-96(85,86)90-66-71(78)65-89-95(83,84)91-69-72(93-76(81)63-59-55-51-47-41-28-24-20-16-12-8-4)67-87-74(79)61-57-53-49-45-42-38-31-27-23-19-15-11-7-3/h9-10,13-14,21-22,25-27,31-34,36-37,39,44,46,48,50,71-73,78H,5-8,11-12,15-20,23-24,28-30,35,38,40-43,45,47,49,51-70H2,1-4H3,(H,83,84)(H,85,86)/b13-9-,14-10-,25-21-,26-22-,31-27-,34-32-,36-33-,39-37-,48-44-,50-46-. The van der Waals surface area contributed by atoms with Crippen LogP contribution in [-0.2, 0) is 65.4 Å². The number of phosphoric ester groups is 2. The van der Waals surface area contributed by atoms with Crippen LogP contribution in [0.4, 0.5) is 0 Å². The Bertz CT molecular complexity index is 2300. The molecular formula is C77H130O17P2. The number of allylic oxidation sites excluding steroid dienone is 20. The van der Waals surface area contributed by atoms with Crippen LogP contribution in [0.3, 0.4) is 0 Å². The molecule has 5 atom stereocenters. The quantitative estimate of drug-likeness (QED) is 0.0169. The molecule has 0 aromatic rings. The molecular weight excluding hydrogens is 1260 g/mol. The molecule has 0 aliphatic rings. The maximum atomic E-state index is 13.0. The molecule has 0 bridgehead atoms. The molecule has 0 radical (unpaired) electrons. The van der Waals surface area contributed by atoms with Gasteiger partial charge in [-0.25, -0.2) is 9.13 Å². The summed E-state index contributed by atoms with van der Waals surface area (Å²) in [5.41, 5.74) is 0. The van der Waals surface area contributed by atoms with Crippen LogP contribution in [0.2, 0.25) is 0 Å². The number of aliphatic hydroxyl groups is 1. The first-order valence-corrected chi connectivity index (χ1v) is 39.8. The second-order valence-electron chi connectivity index (χ2n) is 24.1. The van der Waals surface area contributed by atoms with Crippen molar-refractivity contribution in [3.63, 3.8) is 0 Å². The van der Waals surface area contributed by atoms with Crippen LogP contribution < -0.4 is 0 Å². The van der Waals surface area contributed by atoms with Gasteiger partial charge in [-0.3, -0.25) is 37.3 Å². The maximum absolute atomic E-state index is 13.0. The van der Waals surface area contributed by atoms with Crippen LogP contribution in [0.1, 0.15) is 285 Å². The van der Waals surface area contributed by atoms with Crippen LogP contribution >= 0.6 is 15.6 Å². The Kier molecular flexibility index (Phi) is 65.7. The highest BCUT2D eigenvalue weighted by Crippen LogP contribution is 2.45. The van der Waals surface area contributed by atoms with Gasteiger partial charge < -0.3 is 33.8 Å². The molecule has 0 fully saturated rings. The van der Waals surface area contributed by atoms with Crippen molar-refractivity contribution in [2.75, 3.05) is 39.6 Å². The van der Waals surface area contributed by atoms with Crippen molar-refractivity contribution in [3.05, 3.63) is 122 Å². The molecule has 0 saturated heterocycles. The Morgan fingerprint density at radius 1 is 0.302 bits per heavy atom. The van der Waals surface area contributed by atoms with Crippen molar-refractivity contribution in [3.8, 4) is 0 Å². The molecule has 0 aromatic carbocycles. The number of rotatable bonds is 68. The van der Waals surface area contributed by atoms with Gasteiger partial charge in [-0.05, 0) is 128 Å². The molecule has 19 heteroatoms. The van der Waals surface area contributed by atoms with Crippen molar-refractivity contribution in [1.82, 2.24) is 0 Å². The Labute approximate surface area is 581 Å². The molecule has 550 valence electrons. The van der Waals surface area contributed by atoms with E-state index < -0.39 is 97.5 Å². The summed E-state index contributed by atoms with van der Waals surface area (Å²) in [5.74, 6) is -2.30. The summed E-state index contributed by atoms with van der Waals surface area (Å²) in [6.07, 6.45) is 73.6. The number of unbranched alkanes of at least 4 members (excludes halogenated alkanes) is 22. The van der Waals surface area contributed by atoms with Gasteiger partial charge in [-0.2, -0.15) is 0 Å². The highest BCUT2D eigenvalue weighted by atomic mass is 31.2. The minimum atomic E-state index is -5.00. The fraction of sp³-hybridized carbons (Fsp3) is 0.688. The number of aliphatic hydroxyl groups excluding tert-OH is 1. The zero-order valence-corrected chi connectivity index (χ0v) is 61.5. The molecule has 0 amide bonds. The summed E-state index contributed by atoms with van der Waals surface area (Å²) in [5, 5.41) is 10.6. The zero-order chi connectivity index (χ0) is 70.4. The summed E-state index contributed by atoms with van der Waals surface area (Å²) in [6, 6.07) is 0. The lowest BCUT2D eigenvalue weighted by Gasteiger charge is -2.21. The number of hydrogen-bond acceptors (Lipinski definition) is 15. The lowest BCUT2D eigenvalue weighted by molar-refractivity contribution is -0.161. The van der Waals surface area contributed by atoms with E-state index in [4.69, 9.17) is 37.0 Å². The average molecular weight is 1390 g/mol. The Balaban J connectivity index is 5.42. The summed E-state index contributed by atoms with van der Waals surface area (Å²) in [4.78, 5) is 72.7. The number of hydrogen-bond donors (Lipinski definition) is 3. The maximum Gasteiger partial charge on any atom is 0.472 e. The normalized spacial score (nSPS) is 14.7. The van der Waals surface area contributed by atoms with E-state index in [-0.39, 0.29) is 25.7 Å². The molecule has 5 unspecified atom stereocenters. The molecule has 0 rings (SSSR count). The van der Waals surface area contributed by atoms with Gasteiger partial charge >= 0.3 is 39.5 Å². The Morgan fingerprint density at radius 2 is 0.552 bits per heavy atom. The molecule has 3 N–H and O–H groups in total. The molecule has 0 aliphatic carbocycles. The van der Waals surface area contributed by atoms with Crippen LogP contribution in [-0.4, -0.2) is 96.7 Å². The number of carbonyl (C=O) groups is 4. The van der Waals surface area contributed by atoms with Gasteiger partial charge in [-0.1, -0.05) is 252 Å². The zero-order valence-electron chi connectivity index (χ0n) is 59.8. The summed E-state index contributed by atoms with van der Waals surface area (Å²) < 4.78 is 68.2. The van der Waals surface area contributed by atoms with E-state index >= 15 is 0 Å². The molecule has 0 aliphatic heterocycles. The van der Waals surface area contributed by atoms with Crippen LogP contribution in [0.25, 0.3) is 0 Å². The summed E-state index contributed by atoms with van der Waals surface area (Å²) in [7, 11) is -9.97. The van der Waals surface area contributed by atoms with Crippen molar-refractivity contribution in [2.45, 2.75) is 303 Å². The third-order valence-electron chi connectivity index (χ3n) is 14.9. The van der Waals surface area contributed by atoms with E-state index in [1.165, 1.54) is 64.2 Å². The highest BCUT2D eigenvalue weighted by Gasteiger charge is 2.30. The first kappa shape index (κ1) is 91.5. The number of phosphoric acid groups is 2. The lowest BCUT2D eigenvalue weighted by atomic mass is 10.1. The minimum Gasteiger partial charge on any atom is -0.462 e. The molecule has 0 saturated carbocycles. The minimum absolute atomic E-state index is 0.0279. The largest absolute Gasteiger partial charge is 0.472 e. The van der Waals surface area contributed by atoms with Crippen molar-refractivity contribution >= 4 is 39.5 Å². The molecule has 17 nitrogen and oxygen atoms in total. The average Bonchev–Trinajstić information content (AvgIpc) is 2.18. The van der Waals surface area contributed by atoms with E-state index in [2.05, 4.69) is 137 Å². The van der Waals surface area contributed by atoms with Gasteiger partial charge in [0.05, 0.1) is 26.4 Å². The molecule has 0 spiro atoms. The van der Waals surface area contributed by atoms with E-state index in [0.717, 1.165) is 128 Å². The van der Waals surface area contributed by atoms with Crippen LogP contribution in [0.5, 0.6) is 0 Å². The fourth-order valence-corrected chi connectivity index (χ4v) is 10.9. The van der Waals surface area contributed by atoms with Gasteiger partial charge in [0, 0.05) is 25.7 Å². The van der Waals surface area contributed by atoms with Gasteiger partial charge in [0.2, 0.25) is 0 Å². The number of carbonyl (C=O) groups excluding carboxylic acids is 4. The molecule has 96 heavy (non-hydrogen) atoms. The van der Waals surface area contributed by atoms with Gasteiger partial charge in [0.1, 0.15) is 19.3 Å². The first-order valence-electron chi connectivity index (χ1n) is 36.8. The second kappa shape index (κ2) is 69.0. The smallest absolute Gasteiger partial charge is 0.462 e.